The van der Waals surface area contributed by atoms with Gasteiger partial charge >= 0.3 is 11.9 Å². The van der Waals surface area contributed by atoms with Crippen LogP contribution in [0.3, 0.4) is 0 Å². The lowest BCUT2D eigenvalue weighted by Crippen LogP contribution is -2.63. The van der Waals surface area contributed by atoms with Crippen molar-refractivity contribution in [1.29, 1.82) is 0 Å². The van der Waals surface area contributed by atoms with E-state index in [1.54, 1.807) is 12.3 Å². The predicted molar refractivity (Wildman–Crippen MR) is 143 cm³/mol. The van der Waals surface area contributed by atoms with Gasteiger partial charge in [-0.25, -0.2) is 19.3 Å². The number of aliphatic hydroxyl groups excluding tert-OH is 1. The fourth-order valence-corrected chi connectivity index (χ4v) is 9.00. The molecule has 0 bridgehead atoms. The van der Waals surface area contributed by atoms with Gasteiger partial charge < -0.3 is 19.4 Å². The highest BCUT2D eigenvalue weighted by Crippen LogP contribution is 2.68. The zero-order valence-electron chi connectivity index (χ0n) is 22.6. The number of furan rings is 1. The number of aromatic nitrogens is 3. The molecule has 3 saturated carbocycles. The van der Waals surface area contributed by atoms with Gasteiger partial charge in [0, 0.05) is 11.6 Å². The van der Waals surface area contributed by atoms with Crippen LogP contribution in [0, 0.1) is 28.6 Å². The molecule has 3 heterocycles. The van der Waals surface area contributed by atoms with E-state index in [2.05, 4.69) is 23.1 Å². The summed E-state index contributed by atoms with van der Waals surface area (Å²) in [4.78, 5) is 30.3. The first kappa shape index (κ1) is 25.3. The Morgan fingerprint density at radius 1 is 1.18 bits per heavy atom. The lowest BCUT2D eigenvalue weighted by atomic mass is 9.45. The topological polar surface area (TPSA) is 128 Å². The summed E-state index contributed by atoms with van der Waals surface area (Å²) < 4.78 is 12.9. The third-order valence-corrected chi connectivity index (χ3v) is 10.7. The molecule has 3 aromatic heterocycles. The first-order valence-corrected chi connectivity index (χ1v) is 14.1. The van der Waals surface area contributed by atoms with Gasteiger partial charge in [-0.15, -0.1) is 0 Å². The SMILES string of the molecule is C[C@@]12Cc3cnn(-c4ccccn4)c3C=C1CC[C@H]1[C@H]2[C@H](O)C[C@]2(C)[C@@H]1CC[C@@]2(OC(=O)c1ccco1)C(=O)O. The molecule has 0 aliphatic heterocycles. The maximum atomic E-state index is 13.0. The molecular weight excluding hydrogens is 510 g/mol. The highest BCUT2D eigenvalue weighted by atomic mass is 16.6. The van der Waals surface area contributed by atoms with Crippen LogP contribution in [0.2, 0.25) is 0 Å². The average molecular weight is 544 g/mol. The van der Waals surface area contributed by atoms with Crippen molar-refractivity contribution in [1.82, 2.24) is 14.8 Å². The van der Waals surface area contributed by atoms with E-state index in [1.807, 2.05) is 36.0 Å². The van der Waals surface area contributed by atoms with Crippen LogP contribution in [0.4, 0.5) is 0 Å². The first-order chi connectivity index (χ1) is 19.2. The van der Waals surface area contributed by atoms with E-state index in [0.29, 0.717) is 6.42 Å². The minimum absolute atomic E-state index is 0.00239. The molecule has 3 aromatic rings. The van der Waals surface area contributed by atoms with Crippen molar-refractivity contribution in [2.24, 2.45) is 28.6 Å². The van der Waals surface area contributed by atoms with E-state index < -0.39 is 29.1 Å². The number of rotatable bonds is 4. The zero-order chi connectivity index (χ0) is 27.9. The van der Waals surface area contributed by atoms with E-state index in [4.69, 9.17) is 9.15 Å². The van der Waals surface area contributed by atoms with Crippen LogP contribution in [-0.2, 0) is 16.0 Å². The van der Waals surface area contributed by atoms with E-state index in [0.717, 1.165) is 36.3 Å². The van der Waals surface area contributed by atoms with Crippen LogP contribution in [-0.4, -0.2) is 48.6 Å². The summed E-state index contributed by atoms with van der Waals surface area (Å²) in [6.45, 7) is 4.15. The number of hydrogen-bond donors (Lipinski definition) is 2. The molecule has 208 valence electrons. The van der Waals surface area contributed by atoms with Crippen molar-refractivity contribution in [3.8, 4) is 5.82 Å². The smallest absolute Gasteiger partial charge is 0.375 e. The molecule has 4 aliphatic carbocycles. The lowest BCUT2D eigenvalue weighted by Gasteiger charge is -2.60. The molecule has 7 atom stereocenters. The highest BCUT2D eigenvalue weighted by molar-refractivity contribution is 5.90. The number of hydrogen-bond acceptors (Lipinski definition) is 7. The molecule has 7 rings (SSSR count). The predicted octanol–water partition coefficient (Wildman–Crippen LogP) is 4.69. The molecule has 0 aromatic carbocycles. The van der Waals surface area contributed by atoms with Gasteiger partial charge in [0.25, 0.3) is 0 Å². The van der Waals surface area contributed by atoms with Gasteiger partial charge in [0.2, 0.25) is 11.4 Å². The second-order valence-corrected chi connectivity index (χ2v) is 12.5. The van der Waals surface area contributed by atoms with Crippen molar-refractivity contribution >= 4 is 18.0 Å². The Morgan fingerprint density at radius 2 is 2.02 bits per heavy atom. The van der Waals surface area contributed by atoms with Gasteiger partial charge in [0.1, 0.15) is 0 Å². The molecule has 0 saturated heterocycles. The summed E-state index contributed by atoms with van der Waals surface area (Å²) in [7, 11) is 0. The highest BCUT2D eigenvalue weighted by Gasteiger charge is 2.71. The first-order valence-electron chi connectivity index (χ1n) is 14.1. The Kier molecular flexibility index (Phi) is 5.45. The normalized spacial score (nSPS) is 36.0. The minimum atomic E-state index is -1.73. The van der Waals surface area contributed by atoms with Gasteiger partial charge in [-0.05, 0) is 97.6 Å². The lowest BCUT2D eigenvalue weighted by molar-refractivity contribution is -0.195. The van der Waals surface area contributed by atoms with Gasteiger partial charge in [-0.3, -0.25) is 0 Å². The fourth-order valence-electron chi connectivity index (χ4n) is 9.00. The number of ether oxygens (including phenoxy) is 1. The summed E-state index contributed by atoms with van der Waals surface area (Å²) >= 11 is 0. The Morgan fingerprint density at radius 3 is 2.75 bits per heavy atom. The van der Waals surface area contributed by atoms with Crippen LogP contribution < -0.4 is 0 Å². The largest absolute Gasteiger partial charge is 0.478 e. The summed E-state index contributed by atoms with van der Waals surface area (Å²) in [5, 5.41) is 27.1. The van der Waals surface area contributed by atoms with Gasteiger partial charge in [0.05, 0.1) is 24.3 Å². The number of carboxylic acid groups (broad SMARTS) is 1. The number of carbonyl (C=O) groups excluding carboxylic acids is 1. The van der Waals surface area contributed by atoms with Crippen LogP contribution in [0.1, 0.15) is 67.8 Å². The maximum absolute atomic E-state index is 13.0. The molecule has 2 N–H and O–H groups in total. The summed E-state index contributed by atoms with van der Waals surface area (Å²) in [5.74, 6) is -1.13. The van der Waals surface area contributed by atoms with Crippen LogP contribution >= 0.6 is 0 Å². The number of nitrogens with zero attached hydrogens (tertiary/aromatic N) is 3. The molecule has 0 radical (unpaired) electrons. The number of allylic oxidation sites excluding steroid dienone is 1. The monoisotopic (exact) mass is 543 g/mol. The Balaban J connectivity index is 1.23. The second kappa shape index (κ2) is 8.64. The molecule has 3 fully saturated rings. The Bertz CT molecular complexity index is 1510. The molecular formula is C31H33N3O6. The molecule has 40 heavy (non-hydrogen) atoms. The van der Waals surface area contributed by atoms with E-state index >= 15 is 0 Å². The van der Waals surface area contributed by atoms with Crippen LogP contribution in [0.15, 0.2) is 59.0 Å². The van der Waals surface area contributed by atoms with E-state index in [9.17, 15) is 19.8 Å². The number of aliphatic hydroxyl groups is 1. The number of carboxylic acids is 1. The van der Waals surface area contributed by atoms with E-state index in [1.165, 1.54) is 17.9 Å². The molecule has 9 nitrogen and oxygen atoms in total. The molecule has 0 spiro atoms. The summed E-state index contributed by atoms with van der Waals surface area (Å²) in [6, 6.07) is 8.81. The van der Waals surface area contributed by atoms with Crippen molar-refractivity contribution in [3.05, 3.63) is 71.6 Å². The van der Waals surface area contributed by atoms with Crippen molar-refractivity contribution in [3.63, 3.8) is 0 Å². The minimum Gasteiger partial charge on any atom is -0.478 e. The van der Waals surface area contributed by atoms with Crippen molar-refractivity contribution < 1.29 is 29.0 Å². The quantitative estimate of drug-likeness (QED) is 0.454. The number of fused-ring (bicyclic) bond motifs is 6. The Labute approximate surface area is 231 Å². The molecule has 0 unspecified atom stereocenters. The van der Waals surface area contributed by atoms with Crippen molar-refractivity contribution in [2.75, 3.05) is 0 Å². The van der Waals surface area contributed by atoms with Gasteiger partial charge in [-0.2, -0.15) is 5.10 Å². The third-order valence-electron chi connectivity index (χ3n) is 10.7. The number of carbonyl (C=O) groups is 2. The average Bonchev–Trinajstić information content (AvgIpc) is 3.66. The standard InChI is InChI=1S/C31H33N3O6/c1-29-15-18-17-33-34(25-7-3-4-12-32-25)22(18)14-19(29)8-9-20-21-10-11-31(28(37)38,30(21,2)16-23(35)26(20)29)40-27(36)24-6-5-13-39-24/h3-7,12-14,17,20-21,23,26,35H,8-11,15-16H2,1-2H3,(H,37,38)/t20-,21-,23-,26+,29-,30-,31-/m1/s1. The number of esters is 1. The number of aliphatic carboxylic acids is 1. The second-order valence-electron chi connectivity index (χ2n) is 12.5. The molecule has 0 amide bonds. The van der Waals surface area contributed by atoms with Crippen LogP contribution in [0.5, 0.6) is 0 Å². The van der Waals surface area contributed by atoms with Crippen LogP contribution in [0.25, 0.3) is 11.9 Å². The summed E-state index contributed by atoms with van der Waals surface area (Å²) in [6.07, 6.45) is 10.1. The van der Waals surface area contributed by atoms with Crippen molar-refractivity contribution in [2.45, 2.75) is 64.1 Å². The zero-order valence-corrected chi connectivity index (χ0v) is 22.6. The summed E-state index contributed by atoms with van der Waals surface area (Å²) in [5.41, 5.74) is 0.533. The van der Waals surface area contributed by atoms with Gasteiger partial charge in [0.15, 0.2) is 5.82 Å². The molecule has 9 heteroatoms. The maximum Gasteiger partial charge on any atom is 0.375 e. The van der Waals surface area contributed by atoms with E-state index in [-0.39, 0.29) is 41.8 Å². The Hall–Kier alpha value is -3.72. The third kappa shape index (κ3) is 3.30. The van der Waals surface area contributed by atoms with Gasteiger partial charge in [-0.1, -0.05) is 25.5 Å². The fraction of sp³-hybridized carbons (Fsp3) is 0.484. The molecule has 4 aliphatic rings. The number of pyridine rings is 1.